The van der Waals surface area contributed by atoms with Crippen LogP contribution in [0.5, 0.6) is 0 Å². The van der Waals surface area contributed by atoms with Crippen LogP contribution in [0.4, 0.5) is 0 Å². The number of fused-ring (bicyclic) bond motifs is 1. The fourth-order valence-corrected chi connectivity index (χ4v) is 4.96. The summed E-state index contributed by atoms with van der Waals surface area (Å²) in [6.07, 6.45) is 0.532. The number of carbonyl (C=O) groups is 1. The van der Waals surface area contributed by atoms with Gasteiger partial charge in [0, 0.05) is 37.2 Å². The Kier molecular flexibility index (Phi) is 6.30. The summed E-state index contributed by atoms with van der Waals surface area (Å²) in [7, 11) is -3.55. The van der Waals surface area contributed by atoms with Gasteiger partial charge < -0.3 is 10.1 Å². The molecule has 2 N–H and O–H groups in total. The van der Waals surface area contributed by atoms with E-state index in [0.717, 1.165) is 13.1 Å². The van der Waals surface area contributed by atoms with Crippen LogP contribution in [0.25, 0.3) is 0 Å². The van der Waals surface area contributed by atoms with Crippen LogP contribution in [-0.2, 0) is 19.6 Å². The van der Waals surface area contributed by atoms with Crippen LogP contribution >= 0.6 is 0 Å². The van der Waals surface area contributed by atoms with Gasteiger partial charge in [-0.15, -0.1) is 0 Å². The average Bonchev–Trinajstić information content (AvgIpc) is 2.90. The van der Waals surface area contributed by atoms with Crippen LogP contribution in [0.2, 0.25) is 0 Å². The van der Waals surface area contributed by atoms with Crippen molar-refractivity contribution in [2.45, 2.75) is 56.8 Å². The van der Waals surface area contributed by atoms with Crippen LogP contribution in [0.1, 0.15) is 39.7 Å². The summed E-state index contributed by atoms with van der Waals surface area (Å²) in [6.45, 7) is 10.8. The lowest BCUT2D eigenvalue weighted by Gasteiger charge is -2.45. The fourth-order valence-electron chi connectivity index (χ4n) is 3.71. The largest absolute Gasteiger partial charge is 0.373 e. The first kappa shape index (κ1) is 21.7. The molecule has 1 aromatic carbocycles. The molecule has 2 aliphatic rings. The van der Waals surface area contributed by atoms with Gasteiger partial charge in [-0.1, -0.05) is 12.1 Å². The van der Waals surface area contributed by atoms with Crippen molar-refractivity contribution in [1.82, 2.24) is 14.9 Å². The number of hydrogen-bond donors (Lipinski definition) is 2. The van der Waals surface area contributed by atoms with E-state index in [9.17, 15) is 13.2 Å². The van der Waals surface area contributed by atoms with E-state index in [0.29, 0.717) is 17.9 Å². The van der Waals surface area contributed by atoms with Gasteiger partial charge in [0.1, 0.15) is 5.84 Å². The zero-order valence-corrected chi connectivity index (χ0v) is 18.3. The molecule has 0 bridgehead atoms. The molecule has 2 unspecified atom stereocenters. The highest BCUT2D eigenvalue weighted by molar-refractivity contribution is 7.90. The van der Waals surface area contributed by atoms with E-state index in [2.05, 4.69) is 47.6 Å². The molecule has 8 nitrogen and oxygen atoms in total. The standard InChI is InChI=1S/C20H30N4O4S/c1-14-11-24(12-15(2)28-14)20(3,4)13-22-18(25)9-10-21-19-16-7-5-6-8-17(16)29(26,27)23-19/h5-8,14-15H,9-13H2,1-4H3,(H,21,23)(H,22,25). The van der Waals surface area contributed by atoms with Gasteiger partial charge in [-0.25, -0.2) is 8.42 Å². The Morgan fingerprint density at radius 3 is 2.62 bits per heavy atom. The topological polar surface area (TPSA) is 100 Å². The van der Waals surface area contributed by atoms with Crippen molar-refractivity contribution < 1.29 is 17.9 Å². The number of nitrogens with zero attached hydrogens (tertiary/aromatic N) is 2. The van der Waals surface area contributed by atoms with E-state index in [1.165, 1.54) is 0 Å². The molecule has 0 saturated carbocycles. The molecule has 3 rings (SSSR count). The third-order valence-electron chi connectivity index (χ3n) is 5.27. The van der Waals surface area contributed by atoms with Crippen molar-refractivity contribution in [2.24, 2.45) is 4.99 Å². The van der Waals surface area contributed by atoms with Gasteiger partial charge in [0.2, 0.25) is 5.91 Å². The number of amides is 1. The summed E-state index contributed by atoms with van der Waals surface area (Å²) < 4.78 is 32.4. The molecule has 160 valence electrons. The number of ether oxygens (including phenoxy) is 1. The minimum Gasteiger partial charge on any atom is -0.373 e. The van der Waals surface area contributed by atoms with Crippen molar-refractivity contribution in [1.29, 1.82) is 0 Å². The molecule has 2 atom stereocenters. The second-order valence-electron chi connectivity index (χ2n) is 8.33. The first-order valence-corrected chi connectivity index (χ1v) is 11.4. The van der Waals surface area contributed by atoms with Gasteiger partial charge in [-0.05, 0) is 39.8 Å². The van der Waals surface area contributed by atoms with E-state index < -0.39 is 10.0 Å². The van der Waals surface area contributed by atoms with E-state index in [1.54, 1.807) is 24.3 Å². The molecule has 0 aromatic heterocycles. The molecule has 9 heteroatoms. The minimum absolute atomic E-state index is 0.106. The highest BCUT2D eigenvalue weighted by Gasteiger charge is 2.33. The molecular formula is C20H30N4O4S. The monoisotopic (exact) mass is 422 g/mol. The first-order chi connectivity index (χ1) is 13.6. The second kappa shape index (κ2) is 8.41. The van der Waals surface area contributed by atoms with E-state index in [4.69, 9.17) is 4.74 Å². The smallest absolute Gasteiger partial charge is 0.263 e. The summed E-state index contributed by atoms with van der Waals surface area (Å²) in [5.41, 5.74) is 0.359. The van der Waals surface area contributed by atoms with Crippen molar-refractivity contribution in [3.8, 4) is 0 Å². The third kappa shape index (κ3) is 5.15. The average molecular weight is 423 g/mol. The summed E-state index contributed by atoms with van der Waals surface area (Å²) >= 11 is 0. The maximum atomic E-state index is 12.3. The van der Waals surface area contributed by atoms with E-state index in [-0.39, 0.29) is 41.5 Å². The Bertz CT molecular complexity index is 887. The fraction of sp³-hybridized carbons (Fsp3) is 0.600. The Labute approximate surface area is 172 Å². The molecule has 2 aliphatic heterocycles. The SMILES string of the molecule is CC1CN(C(C)(C)CNC(=O)CCN=C2NS(=O)(=O)c3ccccc32)CC(C)O1. The normalized spacial score (nSPS) is 25.4. The van der Waals surface area contributed by atoms with Crippen LogP contribution < -0.4 is 10.0 Å². The maximum Gasteiger partial charge on any atom is 0.263 e. The predicted octanol–water partition coefficient (Wildman–Crippen LogP) is 1.12. The Morgan fingerprint density at radius 2 is 1.93 bits per heavy atom. The van der Waals surface area contributed by atoms with E-state index in [1.807, 2.05) is 0 Å². The number of sulfonamides is 1. The highest BCUT2D eigenvalue weighted by atomic mass is 32.2. The summed E-state index contributed by atoms with van der Waals surface area (Å²) in [5.74, 6) is 0.191. The number of rotatable bonds is 6. The number of aliphatic imine (C=N–C) groups is 1. The molecule has 0 radical (unpaired) electrons. The van der Waals surface area contributed by atoms with Crippen molar-refractivity contribution in [3.63, 3.8) is 0 Å². The van der Waals surface area contributed by atoms with Gasteiger partial charge in [-0.3, -0.25) is 19.4 Å². The van der Waals surface area contributed by atoms with Crippen molar-refractivity contribution in [3.05, 3.63) is 29.8 Å². The summed E-state index contributed by atoms with van der Waals surface area (Å²) in [5, 5.41) is 2.98. The number of amidine groups is 1. The molecule has 1 amide bonds. The van der Waals surface area contributed by atoms with Crippen LogP contribution in [0, 0.1) is 0 Å². The quantitative estimate of drug-likeness (QED) is 0.716. The first-order valence-electron chi connectivity index (χ1n) is 9.92. The lowest BCUT2D eigenvalue weighted by Crippen LogP contribution is -2.58. The lowest BCUT2D eigenvalue weighted by atomic mass is 10.00. The van der Waals surface area contributed by atoms with Gasteiger partial charge in [0.25, 0.3) is 10.0 Å². The summed E-state index contributed by atoms with van der Waals surface area (Å²) in [4.78, 5) is 19.1. The van der Waals surface area contributed by atoms with Gasteiger partial charge >= 0.3 is 0 Å². The van der Waals surface area contributed by atoms with Gasteiger partial charge in [-0.2, -0.15) is 0 Å². The number of hydrogen-bond acceptors (Lipinski definition) is 6. The molecule has 2 heterocycles. The van der Waals surface area contributed by atoms with Crippen LogP contribution in [0.3, 0.4) is 0 Å². The van der Waals surface area contributed by atoms with Crippen molar-refractivity contribution in [2.75, 3.05) is 26.2 Å². The number of benzene rings is 1. The van der Waals surface area contributed by atoms with Crippen LogP contribution in [-0.4, -0.2) is 69.0 Å². The minimum atomic E-state index is -3.55. The van der Waals surface area contributed by atoms with E-state index >= 15 is 0 Å². The maximum absolute atomic E-state index is 12.3. The molecule has 1 fully saturated rings. The molecular weight excluding hydrogens is 392 g/mol. The Morgan fingerprint density at radius 1 is 1.28 bits per heavy atom. The Hall–Kier alpha value is -1.97. The van der Waals surface area contributed by atoms with Gasteiger partial charge in [0.05, 0.1) is 23.6 Å². The zero-order valence-electron chi connectivity index (χ0n) is 17.4. The molecule has 29 heavy (non-hydrogen) atoms. The van der Waals surface area contributed by atoms with Crippen LogP contribution in [0.15, 0.2) is 34.2 Å². The molecule has 0 aliphatic carbocycles. The second-order valence-corrected chi connectivity index (χ2v) is 9.98. The highest BCUT2D eigenvalue weighted by Crippen LogP contribution is 2.22. The van der Waals surface area contributed by atoms with Gasteiger partial charge in [0.15, 0.2) is 0 Å². The molecule has 1 aromatic rings. The summed E-state index contributed by atoms with van der Waals surface area (Å²) in [6, 6.07) is 6.69. The zero-order chi connectivity index (χ0) is 21.2. The third-order valence-corrected chi connectivity index (χ3v) is 6.66. The Balaban J connectivity index is 1.51. The number of carbonyl (C=O) groups excluding carboxylic acids is 1. The number of nitrogens with one attached hydrogen (secondary N) is 2. The number of morpholine rings is 1. The molecule has 0 spiro atoms. The van der Waals surface area contributed by atoms with Crippen molar-refractivity contribution >= 4 is 21.8 Å². The lowest BCUT2D eigenvalue weighted by molar-refractivity contribution is -0.122. The molecule has 1 saturated heterocycles. The predicted molar refractivity (Wildman–Crippen MR) is 111 cm³/mol.